The van der Waals surface area contributed by atoms with Crippen LogP contribution in [-0.2, 0) is 26.2 Å². The summed E-state index contributed by atoms with van der Waals surface area (Å²) in [5.41, 5.74) is 0.950. The van der Waals surface area contributed by atoms with E-state index in [2.05, 4.69) is 5.32 Å². The molecule has 8 nitrogen and oxygen atoms in total. The van der Waals surface area contributed by atoms with Crippen LogP contribution in [0.2, 0.25) is 5.02 Å². The number of rotatable bonds is 12. The first-order valence-electron chi connectivity index (χ1n) is 12.6. The van der Waals surface area contributed by atoms with Crippen molar-refractivity contribution in [1.29, 1.82) is 0 Å². The topological polar surface area (TPSA) is 96.0 Å². The number of carbonyl (C=O) groups excluding carboxylic acids is 2. The normalized spacial score (nSPS) is 12.7. The van der Waals surface area contributed by atoms with Crippen molar-refractivity contribution >= 4 is 39.1 Å². The summed E-state index contributed by atoms with van der Waals surface area (Å²) < 4.78 is 34.2. The predicted octanol–water partition coefficient (Wildman–Crippen LogP) is 4.88. The number of anilines is 1. The van der Waals surface area contributed by atoms with Gasteiger partial charge in [0.05, 0.1) is 17.7 Å². The van der Waals surface area contributed by atoms with Gasteiger partial charge in [-0.2, -0.15) is 0 Å². The third-order valence-corrected chi connectivity index (χ3v) is 8.42. The molecule has 0 saturated carbocycles. The van der Waals surface area contributed by atoms with E-state index in [-0.39, 0.29) is 34.8 Å². The van der Waals surface area contributed by atoms with E-state index in [9.17, 15) is 18.0 Å². The lowest BCUT2D eigenvalue weighted by molar-refractivity contribution is -0.139. The Bertz CT molecular complexity index is 1370. The molecular weight excluding hydrogens is 538 g/mol. The van der Waals surface area contributed by atoms with Crippen LogP contribution in [0.3, 0.4) is 0 Å². The first-order valence-corrected chi connectivity index (χ1v) is 14.4. The van der Waals surface area contributed by atoms with Crippen molar-refractivity contribution in [2.75, 3.05) is 18.0 Å². The molecule has 208 valence electrons. The average molecular weight is 572 g/mol. The number of amides is 2. The molecular formula is C29H34ClN3O5S. The monoisotopic (exact) mass is 571 g/mol. The van der Waals surface area contributed by atoms with Crippen LogP contribution in [0.4, 0.5) is 5.69 Å². The summed E-state index contributed by atoms with van der Waals surface area (Å²) in [5.74, 6) is -0.597. The van der Waals surface area contributed by atoms with Crippen LogP contribution in [0.5, 0.6) is 5.75 Å². The molecule has 2 atom stereocenters. The molecule has 0 radical (unpaired) electrons. The first kappa shape index (κ1) is 30.0. The van der Waals surface area contributed by atoms with Gasteiger partial charge in [0.2, 0.25) is 11.8 Å². The standard InChI is InChI=1S/C29H34ClN3O5S/c1-5-21(2)31-29(35)22(3)32(19-23-15-17-24(30)18-16-23)28(34)20-33(26-13-9-10-14-27(26)38-4)39(36,37)25-11-7-6-8-12-25/h6-18,21-22H,5,19-20H2,1-4H3,(H,31,35). The van der Waals surface area contributed by atoms with Crippen molar-refractivity contribution in [3.63, 3.8) is 0 Å². The molecule has 0 aliphatic rings. The van der Waals surface area contributed by atoms with Crippen molar-refractivity contribution in [2.24, 2.45) is 0 Å². The van der Waals surface area contributed by atoms with Gasteiger partial charge in [0.1, 0.15) is 18.3 Å². The highest BCUT2D eigenvalue weighted by Gasteiger charge is 2.33. The number of methoxy groups -OCH3 is 1. The Morgan fingerprint density at radius 2 is 1.56 bits per heavy atom. The van der Waals surface area contributed by atoms with Crippen molar-refractivity contribution in [1.82, 2.24) is 10.2 Å². The van der Waals surface area contributed by atoms with Crippen LogP contribution in [0.15, 0.2) is 83.8 Å². The molecule has 2 unspecified atom stereocenters. The lowest BCUT2D eigenvalue weighted by atomic mass is 10.1. The summed E-state index contributed by atoms with van der Waals surface area (Å²) in [5, 5.41) is 3.45. The van der Waals surface area contributed by atoms with E-state index in [1.165, 1.54) is 24.1 Å². The fraction of sp³-hybridized carbons (Fsp3) is 0.310. The molecule has 0 bridgehead atoms. The maximum absolute atomic E-state index is 14.0. The largest absolute Gasteiger partial charge is 0.495 e. The average Bonchev–Trinajstić information content (AvgIpc) is 2.95. The summed E-state index contributed by atoms with van der Waals surface area (Å²) in [7, 11) is -2.74. The molecule has 3 aromatic carbocycles. The fourth-order valence-electron chi connectivity index (χ4n) is 3.90. The minimum absolute atomic E-state index is 0.0236. The van der Waals surface area contributed by atoms with Crippen molar-refractivity contribution in [3.8, 4) is 5.75 Å². The molecule has 2 amide bonds. The van der Waals surface area contributed by atoms with Gasteiger partial charge in [-0.05, 0) is 62.2 Å². The lowest BCUT2D eigenvalue weighted by Crippen LogP contribution is -2.52. The van der Waals surface area contributed by atoms with E-state index in [1.54, 1.807) is 73.7 Å². The molecule has 0 saturated heterocycles. The lowest BCUT2D eigenvalue weighted by Gasteiger charge is -2.32. The summed E-state index contributed by atoms with van der Waals surface area (Å²) >= 11 is 6.04. The molecule has 0 fully saturated rings. The van der Waals surface area contributed by atoms with Crippen LogP contribution in [0.1, 0.15) is 32.8 Å². The number of sulfonamides is 1. The number of nitrogens with one attached hydrogen (secondary N) is 1. The second kappa shape index (κ2) is 13.5. The smallest absolute Gasteiger partial charge is 0.264 e. The van der Waals surface area contributed by atoms with Crippen LogP contribution >= 0.6 is 11.6 Å². The van der Waals surface area contributed by atoms with Gasteiger partial charge in [0.15, 0.2) is 0 Å². The van der Waals surface area contributed by atoms with Crippen LogP contribution < -0.4 is 14.4 Å². The quantitative estimate of drug-likeness (QED) is 0.334. The molecule has 3 rings (SSSR count). The number of hydrogen-bond acceptors (Lipinski definition) is 5. The van der Waals surface area contributed by atoms with Gasteiger partial charge >= 0.3 is 0 Å². The molecule has 0 heterocycles. The molecule has 10 heteroatoms. The second-order valence-electron chi connectivity index (χ2n) is 9.14. The molecule has 39 heavy (non-hydrogen) atoms. The zero-order valence-electron chi connectivity index (χ0n) is 22.5. The SMILES string of the molecule is CCC(C)NC(=O)C(C)N(Cc1ccc(Cl)cc1)C(=O)CN(c1ccccc1OC)S(=O)(=O)c1ccccc1. The minimum atomic E-state index is -4.17. The van der Waals surface area contributed by atoms with E-state index in [1.807, 2.05) is 13.8 Å². The van der Waals surface area contributed by atoms with E-state index < -0.39 is 28.5 Å². The van der Waals surface area contributed by atoms with Crippen molar-refractivity contribution < 1.29 is 22.7 Å². The van der Waals surface area contributed by atoms with Crippen LogP contribution in [-0.4, -0.2) is 50.9 Å². The predicted molar refractivity (Wildman–Crippen MR) is 153 cm³/mol. The first-order chi connectivity index (χ1) is 18.6. The van der Waals surface area contributed by atoms with Gasteiger partial charge in [0, 0.05) is 17.6 Å². The third kappa shape index (κ3) is 7.52. The van der Waals surface area contributed by atoms with Gasteiger partial charge in [-0.25, -0.2) is 8.42 Å². The Balaban J connectivity index is 2.04. The Labute approximate surface area is 235 Å². The highest BCUT2D eigenvalue weighted by atomic mass is 35.5. The number of hydrogen-bond donors (Lipinski definition) is 1. The third-order valence-electron chi connectivity index (χ3n) is 6.40. The Hall–Kier alpha value is -3.56. The second-order valence-corrected chi connectivity index (χ2v) is 11.4. The number of halogens is 1. The highest BCUT2D eigenvalue weighted by molar-refractivity contribution is 7.92. The van der Waals surface area contributed by atoms with E-state index in [4.69, 9.17) is 16.3 Å². The van der Waals surface area contributed by atoms with Crippen molar-refractivity contribution in [2.45, 2.75) is 50.7 Å². The molecule has 0 spiro atoms. The summed E-state index contributed by atoms with van der Waals surface area (Å²) in [4.78, 5) is 28.5. The zero-order chi connectivity index (χ0) is 28.6. The number of ether oxygens (including phenoxy) is 1. The Kier molecular flexibility index (Phi) is 10.4. The molecule has 0 aromatic heterocycles. The van der Waals surface area contributed by atoms with Crippen LogP contribution in [0, 0.1) is 0 Å². The van der Waals surface area contributed by atoms with Crippen molar-refractivity contribution in [3.05, 3.63) is 89.4 Å². The van der Waals surface area contributed by atoms with Gasteiger partial charge in [-0.3, -0.25) is 13.9 Å². The Morgan fingerprint density at radius 3 is 2.18 bits per heavy atom. The number of nitrogens with zero attached hydrogens (tertiary/aromatic N) is 2. The minimum Gasteiger partial charge on any atom is -0.495 e. The number of para-hydroxylation sites is 2. The summed E-state index contributed by atoms with van der Waals surface area (Å²) in [6.45, 7) is 4.99. The van der Waals surface area contributed by atoms with Gasteiger partial charge in [-0.1, -0.05) is 61.0 Å². The number of benzene rings is 3. The van der Waals surface area contributed by atoms with E-state index in [0.29, 0.717) is 5.02 Å². The molecule has 0 aliphatic heterocycles. The van der Waals surface area contributed by atoms with Gasteiger partial charge in [0.25, 0.3) is 10.0 Å². The Morgan fingerprint density at radius 1 is 0.949 bits per heavy atom. The molecule has 3 aromatic rings. The molecule has 0 aliphatic carbocycles. The fourth-order valence-corrected chi connectivity index (χ4v) is 5.48. The molecule has 1 N–H and O–H groups in total. The van der Waals surface area contributed by atoms with Crippen LogP contribution in [0.25, 0.3) is 0 Å². The van der Waals surface area contributed by atoms with E-state index in [0.717, 1.165) is 16.3 Å². The van der Waals surface area contributed by atoms with Gasteiger partial charge in [-0.15, -0.1) is 0 Å². The maximum Gasteiger partial charge on any atom is 0.264 e. The highest BCUT2D eigenvalue weighted by Crippen LogP contribution is 2.32. The summed E-state index contributed by atoms with van der Waals surface area (Å²) in [6, 6.07) is 20.4. The van der Waals surface area contributed by atoms with E-state index >= 15 is 0 Å². The summed E-state index contributed by atoms with van der Waals surface area (Å²) in [6.07, 6.45) is 0.723. The zero-order valence-corrected chi connectivity index (χ0v) is 24.1. The maximum atomic E-state index is 14.0. The number of carbonyl (C=O) groups is 2. The van der Waals surface area contributed by atoms with Gasteiger partial charge < -0.3 is 15.0 Å².